The molecule has 0 aliphatic carbocycles. The monoisotopic (exact) mass is 391 g/mol. The topological polar surface area (TPSA) is 73.2 Å². The number of hydrogen-bond donors (Lipinski definition) is 1. The van der Waals surface area contributed by atoms with Gasteiger partial charge in [-0.2, -0.15) is 17.6 Å². The Labute approximate surface area is 156 Å². The molecule has 1 N–H and O–H groups in total. The Kier molecular flexibility index (Phi) is 4.60. The molecule has 3 aromatic rings. The van der Waals surface area contributed by atoms with E-state index < -0.39 is 10.0 Å². The van der Waals surface area contributed by atoms with Gasteiger partial charge in [0, 0.05) is 6.04 Å². The molecule has 6 nitrogen and oxygen atoms in total. The molecule has 1 saturated heterocycles. The van der Waals surface area contributed by atoms with Crippen molar-refractivity contribution in [2.24, 2.45) is 0 Å². The fourth-order valence-corrected chi connectivity index (χ4v) is 4.92. The standard InChI is InChI=1S/C18H18ClN3O3S/c19-15-6-1-2-9-18(15)26(23,24)22-16-7-3-8-17(14(16)11-21-22)25-12-13-5-4-10-20-13/h1-3,6-9,11,13,20H,4-5,10,12H2/t13-/m0/s1. The molecular weight excluding hydrogens is 374 g/mol. The van der Waals surface area contributed by atoms with Crippen LogP contribution in [0.25, 0.3) is 10.9 Å². The van der Waals surface area contributed by atoms with E-state index in [1.165, 1.54) is 12.3 Å². The number of ether oxygens (including phenoxy) is 1. The molecule has 1 atom stereocenters. The highest BCUT2D eigenvalue weighted by molar-refractivity contribution is 7.90. The van der Waals surface area contributed by atoms with Gasteiger partial charge in [-0.1, -0.05) is 29.8 Å². The summed E-state index contributed by atoms with van der Waals surface area (Å²) in [5, 5.41) is 8.29. The van der Waals surface area contributed by atoms with Crippen molar-refractivity contribution < 1.29 is 13.2 Å². The summed E-state index contributed by atoms with van der Waals surface area (Å²) in [5.41, 5.74) is 0.460. The van der Waals surface area contributed by atoms with Crippen LogP contribution in [0.15, 0.2) is 53.6 Å². The third-order valence-corrected chi connectivity index (χ3v) is 6.59. The van der Waals surface area contributed by atoms with Crippen LogP contribution in [0.4, 0.5) is 0 Å². The second-order valence-electron chi connectivity index (χ2n) is 6.22. The van der Waals surface area contributed by atoms with Crippen LogP contribution < -0.4 is 10.1 Å². The summed E-state index contributed by atoms with van der Waals surface area (Å²) >= 11 is 6.08. The van der Waals surface area contributed by atoms with Gasteiger partial charge in [0.15, 0.2) is 0 Å². The largest absolute Gasteiger partial charge is 0.491 e. The Morgan fingerprint density at radius 3 is 2.85 bits per heavy atom. The molecule has 1 fully saturated rings. The lowest BCUT2D eigenvalue weighted by atomic mass is 10.2. The zero-order valence-corrected chi connectivity index (χ0v) is 15.5. The molecule has 0 saturated carbocycles. The molecule has 136 valence electrons. The summed E-state index contributed by atoms with van der Waals surface area (Å²) < 4.78 is 32.9. The van der Waals surface area contributed by atoms with Gasteiger partial charge in [0.05, 0.1) is 22.1 Å². The van der Waals surface area contributed by atoms with Crippen LogP contribution in [0.1, 0.15) is 12.8 Å². The molecule has 0 unspecified atom stereocenters. The summed E-state index contributed by atoms with van der Waals surface area (Å²) in [4.78, 5) is 0.0214. The van der Waals surface area contributed by atoms with E-state index in [0.717, 1.165) is 23.5 Å². The highest BCUT2D eigenvalue weighted by atomic mass is 35.5. The molecule has 0 bridgehead atoms. The lowest BCUT2D eigenvalue weighted by Gasteiger charge is -2.13. The van der Waals surface area contributed by atoms with Gasteiger partial charge < -0.3 is 10.1 Å². The van der Waals surface area contributed by atoms with Gasteiger partial charge in [0.2, 0.25) is 0 Å². The van der Waals surface area contributed by atoms with E-state index in [-0.39, 0.29) is 9.92 Å². The zero-order chi connectivity index (χ0) is 18.1. The van der Waals surface area contributed by atoms with Crippen molar-refractivity contribution in [3.8, 4) is 5.75 Å². The number of hydrogen-bond acceptors (Lipinski definition) is 5. The van der Waals surface area contributed by atoms with Crippen LogP contribution in [0.3, 0.4) is 0 Å². The van der Waals surface area contributed by atoms with Gasteiger partial charge in [0.25, 0.3) is 10.0 Å². The average molecular weight is 392 g/mol. The van der Waals surface area contributed by atoms with Crippen molar-refractivity contribution in [1.29, 1.82) is 0 Å². The van der Waals surface area contributed by atoms with Gasteiger partial charge in [-0.15, -0.1) is 0 Å². The quantitative estimate of drug-likeness (QED) is 0.723. The van der Waals surface area contributed by atoms with Crippen molar-refractivity contribution in [2.45, 2.75) is 23.8 Å². The third kappa shape index (κ3) is 3.06. The maximum absolute atomic E-state index is 13.0. The number of benzene rings is 2. The van der Waals surface area contributed by atoms with Crippen molar-refractivity contribution in [2.75, 3.05) is 13.2 Å². The van der Waals surface area contributed by atoms with Gasteiger partial charge in [-0.3, -0.25) is 0 Å². The maximum Gasteiger partial charge on any atom is 0.285 e. The van der Waals surface area contributed by atoms with E-state index in [9.17, 15) is 8.42 Å². The lowest BCUT2D eigenvalue weighted by Crippen LogP contribution is -2.28. The predicted molar refractivity (Wildman–Crippen MR) is 100 cm³/mol. The molecule has 8 heteroatoms. The molecule has 2 heterocycles. The number of nitrogens with one attached hydrogen (secondary N) is 1. The highest BCUT2D eigenvalue weighted by Gasteiger charge is 2.24. The molecule has 0 spiro atoms. The molecule has 0 radical (unpaired) electrons. The number of rotatable bonds is 5. The number of halogens is 1. The van der Waals surface area contributed by atoms with E-state index in [4.69, 9.17) is 16.3 Å². The van der Waals surface area contributed by atoms with Crippen LogP contribution >= 0.6 is 11.6 Å². The van der Waals surface area contributed by atoms with E-state index in [1.54, 1.807) is 30.3 Å². The SMILES string of the molecule is O=S(=O)(c1ccccc1Cl)n1ncc2c(OC[C@@H]3CCCN3)cccc21. The predicted octanol–water partition coefficient (Wildman–Crippen LogP) is 3.06. The van der Waals surface area contributed by atoms with Crippen molar-refractivity contribution >= 4 is 32.5 Å². The second-order valence-corrected chi connectivity index (χ2v) is 8.36. The van der Waals surface area contributed by atoms with Gasteiger partial charge >= 0.3 is 0 Å². The Morgan fingerprint density at radius 1 is 1.23 bits per heavy atom. The second kappa shape index (κ2) is 6.90. The van der Waals surface area contributed by atoms with E-state index in [2.05, 4.69) is 10.4 Å². The van der Waals surface area contributed by atoms with E-state index in [0.29, 0.717) is 29.3 Å². The minimum Gasteiger partial charge on any atom is -0.491 e. The Hall–Kier alpha value is -2.09. The molecule has 1 aromatic heterocycles. The smallest absolute Gasteiger partial charge is 0.285 e. The minimum atomic E-state index is -3.89. The van der Waals surface area contributed by atoms with Crippen LogP contribution in [0.2, 0.25) is 5.02 Å². The molecule has 1 aliphatic rings. The molecule has 4 rings (SSSR count). The molecule has 2 aromatic carbocycles. The summed E-state index contributed by atoms with van der Waals surface area (Å²) in [6.07, 6.45) is 3.74. The number of aromatic nitrogens is 2. The van der Waals surface area contributed by atoms with E-state index >= 15 is 0 Å². The first-order chi connectivity index (χ1) is 12.6. The zero-order valence-electron chi connectivity index (χ0n) is 13.9. The summed E-state index contributed by atoms with van der Waals surface area (Å²) in [6, 6.07) is 12.0. The van der Waals surface area contributed by atoms with Crippen molar-refractivity contribution in [1.82, 2.24) is 14.5 Å². The molecular formula is C18H18ClN3O3S. The van der Waals surface area contributed by atoms with Crippen molar-refractivity contribution in [3.63, 3.8) is 0 Å². The minimum absolute atomic E-state index is 0.0214. The van der Waals surface area contributed by atoms with Gasteiger partial charge in [-0.05, 0) is 43.7 Å². The molecule has 26 heavy (non-hydrogen) atoms. The summed E-state index contributed by atoms with van der Waals surface area (Å²) in [6.45, 7) is 1.55. The van der Waals surface area contributed by atoms with Crippen LogP contribution in [0, 0.1) is 0 Å². The third-order valence-electron chi connectivity index (χ3n) is 4.49. The molecule has 1 aliphatic heterocycles. The lowest BCUT2D eigenvalue weighted by molar-refractivity contribution is 0.280. The number of fused-ring (bicyclic) bond motifs is 1. The molecule has 0 amide bonds. The Balaban J connectivity index is 1.71. The highest BCUT2D eigenvalue weighted by Crippen LogP contribution is 2.30. The first-order valence-electron chi connectivity index (χ1n) is 8.40. The first-order valence-corrected chi connectivity index (χ1v) is 10.2. The summed E-state index contributed by atoms with van der Waals surface area (Å²) in [5.74, 6) is 0.622. The fraction of sp³-hybridized carbons (Fsp3) is 0.278. The van der Waals surface area contributed by atoms with Crippen LogP contribution in [0.5, 0.6) is 5.75 Å². The Bertz CT molecular complexity index is 1040. The van der Waals surface area contributed by atoms with Gasteiger partial charge in [-0.25, -0.2) is 0 Å². The average Bonchev–Trinajstić information content (AvgIpc) is 3.30. The maximum atomic E-state index is 13.0. The fourth-order valence-electron chi connectivity index (χ4n) is 3.16. The Morgan fingerprint density at radius 2 is 2.08 bits per heavy atom. The van der Waals surface area contributed by atoms with E-state index in [1.807, 2.05) is 6.07 Å². The number of nitrogens with zero attached hydrogens (tertiary/aromatic N) is 2. The van der Waals surface area contributed by atoms with Gasteiger partial charge in [0.1, 0.15) is 17.3 Å². The van der Waals surface area contributed by atoms with Crippen LogP contribution in [-0.2, 0) is 10.0 Å². The normalized spacial score (nSPS) is 17.7. The van der Waals surface area contributed by atoms with Crippen molar-refractivity contribution in [3.05, 3.63) is 53.7 Å². The summed E-state index contributed by atoms with van der Waals surface area (Å²) in [7, 11) is -3.89. The van der Waals surface area contributed by atoms with Crippen LogP contribution in [-0.4, -0.2) is 36.8 Å². The first kappa shape index (κ1) is 17.3.